The number of pyridine rings is 1. The average Bonchev–Trinajstić information content (AvgIpc) is 2.20. The van der Waals surface area contributed by atoms with E-state index in [2.05, 4.69) is 23.3 Å². The van der Waals surface area contributed by atoms with Gasteiger partial charge in [0.15, 0.2) is 0 Å². The molecule has 0 spiro atoms. The monoisotopic (exact) mass is 192 g/mol. The maximum atomic E-state index is 5.87. The first-order valence-corrected chi connectivity index (χ1v) is 4.06. The van der Waals surface area contributed by atoms with Crippen LogP contribution < -0.4 is 0 Å². The molecule has 0 aliphatic heterocycles. The highest BCUT2D eigenvalue weighted by molar-refractivity contribution is 6.34. The lowest BCUT2D eigenvalue weighted by Crippen LogP contribution is -1.83. The lowest BCUT2D eigenvalue weighted by molar-refractivity contribution is 1.30. The third-order valence-corrected chi connectivity index (χ3v) is 1.83. The number of halogens is 1. The standard InChI is InChI=1S/C10H9ClN2/c1-3-9(11)10(12-2)8-5-4-6-13-7-8/h3-7H,1-2H2/b10-9+. The van der Waals surface area contributed by atoms with Crippen molar-refractivity contribution in [3.63, 3.8) is 0 Å². The van der Waals surface area contributed by atoms with Crippen LogP contribution in [0.5, 0.6) is 0 Å². The van der Waals surface area contributed by atoms with Crippen LogP contribution in [0.1, 0.15) is 5.56 Å². The van der Waals surface area contributed by atoms with Gasteiger partial charge in [0.05, 0.1) is 10.7 Å². The molecule has 0 atom stereocenters. The summed E-state index contributed by atoms with van der Waals surface area (Å²) in [5, 5.41) is 0.475. The summed E-state index contributed by atoms with van der Waals surface area (Å²) in [6.45, 7) is 7.00. The number of hydrogen-bond donors (Lipinski definition) is 0. The van der Waals surface area contributed by atoms with Crippen LogP contribution in [0.4, 0.5) is 0 Å². The highest BCUT2D eigenvalue weighted by Crippen LogP contribution is 2.21. The number of rotatable bonds is 3. The Morgan fingerprint density at radius 3 is 2.85 bits per heavy atom. The first-order chi connectivity index (χ1) is 6.29. The van der Waals surface area contributed by atoms with Crippen molar-refractivity contribution in [3.8, 4) is 0 Å². The van der Waals surface area contributed by atoms with Gasteiger partial charge in [0.2, 0.25) is 0 Å². The van der Waals surface area contributed by atoms with Crippen LogP contribution >= 0.6 is 11.6 Å². The van der Waals surface area contributed by atoms with E-state index in [4.69, 9.17) is 11.6 Å². The number of aromatic nitrogens is 1. The second-order valence-electron chi connectivity index (χ2n) is 2.30. The molecule has 0 aromatic carbocycles. The van der Waals surface area contributed by atoms with Crippen molar-refractivity contribution >= 4 is 24.0 Å². The molecule has 0 unspecified atom stereocenters. The molecule has 2 nitrogen and oxygen atoms in total. The van der Waals surface area contributed by atoms with E-state index < -0.39 is 0 Å². The van der Waals surface area contributed by atoms with Crippen molar-refractivity contribution in [2.45, 2.75) is 0 Å². The van der Waals surface area contributed by atoms with Crippen LogP contribution in [0, 0.1) is 0 Å². The van der Waals surface area contributed by atoms with Crippen LogP contribution in [-0.2, 0) is 0 Å². The summed E-state index contributed by atoms with van der Waals surface area (Å²) >= 11 is 5.87. The van der Waals surface area contributed by atoms with Crippen LogP contribution in [0.3, 0.4) is 0 Å². The summed E-state index contributed by atoms with van der Waals surface area (Å²) in [4.78, 5) is 7.77. The topological polar surface area (TPSA) is 25.2 Å². The van der Waals surface area contributed by atoms with Crippen LogP contribution in [-0.4, -0.2) is 11.7 Å². The average molecular weight is 193 g/mol. The summed E-state index contributed by atoms with van der Waals surface area (Å²) in [5.41, 5.74) is 1.44. The smallest absolute Gasteiger partial charge is 0.0896 e. The van der Waals surface area contributed by atoms with E-state index in [1.807, 2.05) is 12.1 Å². The molecule has 0 radical (unpaired) electrons. The van der Waals surface area contributed by atoms with Gasteiger partial charge in [-0.05, 0) is 24.9 Å². The number of nitrogens with zero attached hydrogens (tertiary/aromatic N) is 2. The Bertz CT molecular complexity index is 341. The Morgan fingerprint density at radius 2 is 2.38 bits per heavy atom. The number of allylic oxidation sites excluding steroid dienone is 2. The van der Waals surface area contributed by atoms with Crippen molar-refractivity contribution in [2.75, 3.05) is 0 Å². The number of hydrogen-bond acceptors (Lipinski definition) is 2. The van der Waals surface area contributed by atoms with E-state index in [9.17, 15) is 0 Å². The molecule has 0 fully saturated rings. The third-order valence-electron chi connectivity index (χ3n) is 1.50. The summed E-state index contributed by atoms with van der Waals surface area (Å²) in [6.07, 6.45) is 4.89. The van der Waals surface area contributed by atoms with Gasteiger partial charge in [-0.2, -0.15) is 0 Å². The first-order valence-electron chi connectivity index (χ1n) is 3.69. The van der Waals surface area contributed by atoms with Crippen LogP contribution in [0.25, 0.3) is 5.70 Å². The molecule has 0 aliphatic rings. The van der Waals surface area contributed by atoms with E-state index in [1.54, 1.807) is 12.4 Å². The third kappa shape index (κ3) is 2.26. The Hall–Kier alpha value is -1.41. The molecule has 0 saturated carbocycles. The first kappa shape index (κ1) is 9.68. The molecule has 0 saturated heterocycles. The highest BCUT2D eigenvalue weighted by atomic mass is 35.5. The fourth-order valence-electron chi connectivity index (χ4n) is 0.904. The van der Waals surface area contributed by atoms with Gasteiger partial charge in [-0.1, -0.05) is 18.2 Å². The highest BCUT2D eigenvalue weighted by Gasteiger charge is 2.02. The van der Waals surface area contributed by atoms with Crippen molar-refractivity contribution < 1.29 is 0 Å². The minimum atomic E-state index is 0.475. The molecule has 0 aliphatic carbocycles. The van der Waals surface area contributed by atoms with E-state index in [0.717, 1.165) is 5.56 Å². The minimum Gasteiger partial charge on any atom is -0.264 e. The molecular formula is C10H9ClN2. The van der Waals surface area contributed by atoms with Crippen LogP contribution in [0.15, 0.2) is 47.2 Å². The SMILES string of the molecule is C=C/C(Cl)=C(\N=C)c1cccnc1. The normalized spacial score (nSPS) is 11.8. The Morgan fingerprint density at radius 1 is 1.62 bits per heavy atom. The largest absolute Gasteiger partial charge is 0.264 e. The fraction of sp³-hybridized carbons (Fsp3) is 0. The quantitative estimate of drug-likeness (QED) is 0.534. The van der Waals surface area contributed by atoms with Gasteiger partial charge in [0.25, 0.3) is 0 Å². The minimum absolute atomic E-state index is 0.475. The summed E-state index contributed by atoms with van der Waals surface area (Å²) in [7, 11) is 0. The van der Waals surface area contributed by atoms with E-state index in [0.29, 0.717) is 10.7 Å². The van der Waals surface area contributed by atoms with Crippen LogP contribution in [0.2, 0.25) is 0 Å². The predicted octanol–water partition coefficient (Wildman–Crippen LogP) is 2.88. The molecule has 1 aromatic heterocycles. The summed E-state index contributed by atoms with van der Waals surface area (Å²) in [6, 6.07) is 3.68. The molecule has 1 rings (SSSR count). The summed E-state index contributed by atoms with van der Waals surface area (Å²) in [5.74, 6) is 0. The fourth-order valence-corrected chi connectivity index (χ4v) is 1.07. The lowest BCUT2D eigenvalue weighted by atomic mass is 10.2. The van der Waals surface area contributed by atoms with Gasteiger partial charge in [0, 0.05) is 18.0 Å². The van der Waals surface area contributed by atoms with Gasteiger partial charge >= 0.3 is 0 Å². The maximum absolute atomic E-state index is 5.87. The van der Waals surface area contributed by atoms with Gasteiger partial charge < -0.3 is 0 Å². The van der Waals surface area contributed by atoms with Gasteiger partial charge in [-0.3, -0.25) is 9.98 Å². The van der Waals surface area contributed by atoms with Gasteiger partial charge in [0.1, 0.15) is 0 Å². The molecular weight excluding hydrogens is 184 g/mol. The molecule has 3 heteroatoms. The number of aliphatic imine (C=N–C) groups is 1. The Labute approximate surface area is 82.3 Å². The maximum Gasteiger partial charge on any atom is 0.0896 e. The molecule has 1 heterocycles. The molecule has 0 N–H and O–H groups in total. The van der Waals surface area contributed by atoms with Crippen molar-refractivity contribution in [3.05, 3.63) is 47.8 Å². The molecule has 0 amide bonds. The molecule has 66 valence electrons. The zero-order valence-corrected chi connectivity index (χ0v) is 7.83. The zero-order chi connectivity index (χ0) is 9.68. The Kier molecular flexibility index (Phi) is 3.41. The molecule has 1 aromatic rings. The van der Waals surface area contributed by atoms with E-state index in [1.165, 1.54) is 6.08 Å². The van der Waals surface area contributed by atoms with Crippen molar-refractivity contribution in [1.29, 1.82) is 0 Å². The van der Waals surface area contributed by atoms with E-state index >= 15 is 0 Å². The van der Waals surface area contributed by atoms with E-state index in [-0.39, 0.29) is 0 Å². The van der Waals surface area contributed by atoms with Gasteiger partial charge in [-0.25, -0.2) is 0 Å². The summed E-state index contributed by atoms with van der Waals surface area (Å²) < 4.78 is 0. The van der Waals surface area contributed by atoms with Crippen molar-refractivity contribution in [2.24, 2.45) is 4.99 Å². The lowest BCUT2D eigenvalue weighted by Gasteiger charge is -2.01. The molecule has 0 bridgehead atoms. The van der Waals surface area contributed by atoms with Gasteiger partial charge in [-0.15, -0.1) is 0 Å². The zero-order valence-electron chi connectivity index (χ0n) is 7.07. The molecule has 13 heavy (non-hydrogen) atoms. The second-order valence-corrected chi connectivity index (χ2v) is 2.71. The predicted molar refractivity (Wildman–Crippen MR) is 56.8 cm³/mol. The Balaban J connectivity index is 3.20. The second kappa shape index (κ2) is 4.58. The van der Waals surface area contributed by atoms with Crippen molar-refractivity contribution in [1.82, 2.24) is 4.98 Å².